The first kappa shape index (κ1) is 17.9. The van der Waals surface area contributed by atoms with Crippen LogP contribution in [0, 0.1) is 0 Å². The molecule has 128 valence electrons. The van der Waals surface area contributed by atoms with Gasteiger partial charge in [0.05, 0.1) is 17.8 Å². The van der Waals surface area contributed by atoms with E-state index in [4.69, 9.17) is 0 Å². The highest BCUT2D eigenvalue weighted by atomic mass is 16.3. The van der Waals surface area contributed by atoms with E-state index >= 15 is 0 Å². The molecule has 0 saturated carbocycles. The monoisotopic (exact) mass is 327 g/mol. The van der Waals surface area contributed by atoms with Crippen molar-refractivity contribution in [3.63, 3.8) is 0 Å². The minimum Gasteiger partial charge on any atom is -0.392 e. The first-order valence-electron chi connectivity index (χ1n) is 8.20. The standard InChI is InChI=1S/C19H25N3O2/c1-14(2)22(13-15(3)23)19(24)21-18(16-9-5-4-6-10-16)17-11-7-8-12-20-17/h4-12,14-15,18,23H,13H2,1-3H3,(H,21,24). The first-order chi connectivity index (χ1) is 11.5. The highest BCUT2D eigenvalue weighted by Gasteiger charge is 2.24. The maximum atomic E-state index is 12.8. The van der Waals surface area contributed by atoms with Gasteiger partial charge in [-0.2, -0.15) is 0 Å². The normalized spacial score (nSPS) is 13.4. The third-order valence-corrected chi connectivity index (χ3v) is 3.73. The van der Waals surface area contributed by atoms with Crippen LogP contribution in [0.15, 0.2) is 54.7 Å². The van der Waals surface area contributed by atoms with Crippen LogP contribution in [0.3, 0.4) is 0 Å². The minimum absolute atomic E-state index is 0.0141. The molecular formula is C19H25N3O2. The largest absolute Gasteiger partial charge is 0.392 e. The zero-order chi connectivity index (χ0) is 17.5. The highest BCUT2D eigenvalue weighted by molar-refractivity contribution is 5.75. The SMILES string of the molecule is CC(O)CN(C(=O)NC(c1ccccc1)c1ccccn1)C(C)C. The molecule has 2 aromatic rings. The first-order valence-corrected chi connectivity index (χ1v) is 8.20. The molecule has 2 N–H and O–H groups in total. The Kier molecular flexibility index (Phi) is 6.32. The van der Waals surface area contributed by atoms with Gasteiger partial charge in [-0.1, -0.05) is 36.4 Å². The van der Waals surface area contributed by atoms with Crippen LogP contribution in [0.1, 0.15) is 38.1 Å². The van der Waals surface area contributed by atoms with Crippen molar-refractivity contribution in [3.05, 3.63) is 66.0 Å². The van der Waals surface area contributed by atoms with Crippen molar-refractivity contribution in [1.82, 2.24) is 15.2 Å². The van der Waals surface area contributed by atoms with E-state index < -0.39 is 6.10 Å². The number of pyridine rings is 1. The number of rotatable bonds is 6. The Morgan fingerprint density at radius 1 is 1.12 bits per heavy atom. The molecule has 0 saturated heterocycles. The van der Waals surface area contributed by atoms with E-state index in [1.807, 2.05) is 62.4 Å². The fourth-order valence-corrected chi connectivity index (χ4v) is 2.54. The number of amides is 2. The van der Waals surface area contributed by atoms with Crippen LogP contribution in [-0.4, -0.2) is 39.7 Å². The fourth-order valence-electron chi connectivity index (χ4n) is 2.54. The number of carbonyl (C=O) groups excluding carboxylic acids is 1. The summed E-state index contributed by atoms with van der Waals surface area (Å²) in [7, 11) is 0. The molecule has 0 radical (unpaired) electrons. The molecule has 2 unspecified atom stereocenters. The van der Waals surface area contributed by atoms with Crippen LogP contribution >= 0.6 is 0 Å². The molecule has 1 heterocycles. The van der Waals surface area contributed by atoms with E-state index in [0.29, 0.717) is 0 Å². The molecule has 0 spiro atoms. The Morgan fingerprint density at radius 2 is 1.79 bits per heavy atom. The van der Waals surface area contributed by atoms with Gasteiger partial charge in [-0.05, 0) is 38.5 Å². The molecule has 0 aliphatic carbocycles. The summed E-state index contributed by atoms with van der Waals surface area (Å²) >= 11 is 0. The Hall–Kier alpha value is -2.40. The lowest BCUT2D eigenvalue weighted by molar-refractivity contribution is 0.118. The molecule has 1 aromatic heterocycles. The van der Waals surface area contributed by atoms with Gasteiger partial charge in [0.2, 0.25) is 0 Å². The van der Waals surface area contributed by atoms with Crippen molar-refractivity contribution < 1.29 is 9.90 Å². The van der Waals surface area contributed by atoms with Gasteiger partial charge in [-0.3, -0.25) is 4.98 Å². The molecule has 1 aromatic carbocycles. The van der Waals surface area contributed by atoms with Crippen molar-refractivity contribution >= 4 is 6.03 Å². The van der Waals surface area contributed by atoms with Gasteiger partial charge in [0, 0.05) is 18.8 Å². The second-order valence-electron chi connectivity index (χ2n) is 6.14. The molecule has 0 aliphatic rings. The van der Waals surface area contributed by atoms with Crippen molar-refractivity contribution in [2.24, 2.45) is 0 Å². The van der Waals surface area contributed by atoms with Gasteiger partial charge >= 0.3 is 6.03 Å². The second-order valence-corrected chi connectivity index (χ2v) is 6.14. The highest BCUT2D eigenvalue weighted by Crippen LogP contribution is 2.20. The zero-order valence-corrected chi connectivity index (χ0v) is 14.4. The molecule has 5 heteroatoms. The number of hydrogen-bond acceptors (Lipinski definition) is 3. The van der Waals surface area contributed by atoms with E-state index in [2.05, 4.69) is 10.3 Å². The Bertz CT molecular complexity index is 590. The number of benzene rings is 1. The average Bonchev–Trinajstić information content (AvgIpc) is 2.58. The van der Waals surface area contributed by atoms with Gasteiger partial charge in [0.15, 0.2) is 0 Å². The number of nitrogens with zero attached hydrogens (tertiary/aromatic N) is 2. The fraction of sp³-hybridized carbons (Fsp3) is 0.368. The van der Waals surface area contributed by atoms with Crippen LogP contribution in [0.5, 0.6) is 0 Å². The molecule has 0 aliphatic heterocycles. The molecule has 24 heavy (non-hydrogen) atoms. The van der Waals surface area contributed by atoms with Gasteiger partial charge in [0.1, 0.15) is 0 Å². The second kappa shape index (κ2) is 8.45. The van der Waals surface area contributed by atoms with E-state index in [0.717, 1.165) is 11.3 Å². The molecule has 0 fully saturated rings. The average molecular weight is 327 g/mol. The lowest BCUT2D eigenvalue weighted by atomic mass is 10.0. The topological polar surface area (TPSA) is 65.5 Å². The number of hydrogen-bond donors (Lipinski definition) is 2. The molecule has 0 bridgehead atoms. The van der Waals surface area contributed by atoms with Crippen molar-refractivity contribution in [2.75, 3.05) is 6.54 Å². The number of carbonyl (C=O) groups is 1. The summed E-state index contributed by atoms with van der Waals surface area (Å²) in [6.45, 7) is 5.82. The van der Waals surface area contributed by atoms with Crippen LogP contribution in [0.25, 0.3) is 0 Å². The molecule has 2 amide bonds. The Balaban J connectivity index is 2.27. The summed E-state index contributed by atoms with van der Waals surface area (Å²) in [6, 6.07) is 14.8. The number of aliphatic hydroxyl groups is 1. The summed E-state index contributed by atoms with van der Waals surface area (Å²) in [4.78, 5) is 18.8. The Morgan fingerprint density at radius 3 is 2.33 bits per heavy atom. The summed E-state index contributed by atoms with van der Waals surface area (Å²) < 4.78 is 0. The minimum atomic E-state index is -0.580. The summed E-state index contributed by atoms with van der Waals surface area (Å²) in [5.74, 6) is 0. The van der Waals surface area contributed by atoms with Crippen LogP contribution in [0.2, 0.25) is 0 Å². The summed E-state index contributed by atoms with van der Waals surface area (Å²) in [5.41, 5.74) is 1.74. The van der Waals surface area contributed by atoms with Crippen molar-refractivity contribution in [3.8, 4) is 0 Å². The summed E-state index contributed by atoms with van der Waals surface area (Å²) in [6.07, 6.45) is 1.14. The third kappa shape index (κ3) is 4.80. The number of aliphatic hydroxyl groups excluding tert-OH is 1. The maximum Gasteiger partial charge on any atom is 0.318 e. The number of nitrogens with one attached hydrogen (secondary N) is 1. The lowest BCUT2D eigenvalue weighted by Gasteiger charge is -2.30. The molecule has 2 atom stereocenters. The predicted molar refractivity (Wildman–Crippen MR) is 94.6 cm³/mol. The van der Waals surface area contributed by atoms with Crippen LogP contribution < -0.4 is 5.32 Å². The van der Waals surface area contributed by atoms with Crippen LogP contribution in [0.4, 0.5) is 4.79 Å². The zero-order valence-electron chi connectivity index (χ0n) is 14.4. The van der Waals surface area contributed by atoms with E-state index in [9.17, 15) is 9.90 Å². The van der Waals surface area contributed by atoms with Crippen molar-refractivity contribution in [2.45, 2.75) is 39.0 Å². The number of aromatic nitrogens is 1. The number of urea groups is 1. The van der Waals surface area contributed by atoms with E-state index in [-0.39, 0.29) is 24.7 Å². The van der Waals surface area contributed by atoms with E-state index in [1.54, 1.807) is 18.0 Å². The van der Waals surface area contributed by atoms with Gasteiger partial charge in [-0.15, -0.1) is 0 Å². The van der Waals surface area contributed by atoms with E-state index in [1.165, 1.54) is 0 Å². The maximum absolute atomic E-state index is 12.8. The predicted octanol–water partition coefficient (Wildman–Crippen LogP) is 2.97. The quantitative estimate of drug-likeness (QED) is 0.857. The molecular weight excluding hydrogens is 302 g/mol. The lowest BCUT2D eigenvalue weighted by Crippen LogP contribution is -2.48. The molecule has 5 nitrogen and oxygen atoms in total. The van der Waals surface area contributed by atoms with Crippen LogP contribution in [-0.2, 0) is 0 Å². The molecule has 2 rings (SSSR count). The van der Waals surface area contributed by atoms with Crippen molar-refractivity contribution in [1.29, 1.82) is 0 Å². The van der Waals surface area contributed by atoms with Gasteiger partial charge < -0.3 is 15.3 Å². The van der Waals surface area contributed by atoms with Gasteiger partial charge in [-0.25, -0.2) is 4.79 Å². The van der Waals surface area contributed by atoms with Gasteiger partial charge in [0.25, 0.3) is 0 Å². The smallest absolute Gasteiger partial charge is 0.318 e. The third-order valence-electron chi connectivity index (χ3n) is 3.73. The Labute approximate surface area is 143 Å². The summed E-state index contributed by atoms with van der Waals surface area (Å²) in [5, 5.41) is 12.7.